The number of ether oxygens (including phenoxy) is 1. The van der Waals surface area contributed by atoms with E-state index >= 15 is 0 Å². The van der Waals surface area contributed by atoms with Crippen LogP contribution in [0.15, 0.2) is 30.3 Å². The second-order valence-electron chi connectivity index (χ2n) is 4.92. The fraction of sp³-hybridized carbons (Fsp3) is 0.250. The second kappa shape index (κ2) is 6.94. The first-order chi connectivity index (χ1) is 10.4. The van der Waals surface area contributed by atoms with Crippen molar-refractivity contribution in [3.63, 3.8) is 0 Å². The molecule has 1 heterocycles. The minimum atomic E-state index is -0.815. The zero-order valence-electron chi connectivity index (χ0n) is 12.5. The van der Waals surface area contributed by atoms with Crippen LogP contribution in [0, 0.1) is 0 Å². The van der Waals surface area contributed by atoms with Crippen LogP contribution < -0.4 is 0 Å². The Labute approximate surface area is 137 Å². The van der Waals surface area contributed by atoms with Crippen LogP contribution in [-0.4, -0.2) is 37.0 Å². The van der Waals surface area contributed by atoms with Crippen LogP contribution in [-0.2, 0) is 14.3 Å². The molecule has 0 radical (unpaired) electrons. The molecule has 0 spiro atoms. The summed E-state index contributed by atoms with van der Waals surface area (Å²) in [6.45, 7) is 1.54. The minimum absolute atomic E-state index is 0.262. The molecule has 1 aromatic carbocycles. The average Bonchev–Trinajstić information content (AvgIpc) is 2.81. The predicted molar refractivity (Wildman–Crippen MR) is 90.1 cm³/mol. The van der Waals surface area contributed by atoms with E-state index in [0.717, 1.165) is 15.0 Å². The Morgan fingerprint density at radius 2 is 2.00 bits per heavy atom. The average molecular weight is 338 g/mol. The fourth-order valence-electron chi connectivity index (χ4n) is 1.91. The summed E-state index contributed by atoms with van der Waals surface area (Å²) < 4.78 is 6.11. The molecule has 0 fully saturated rings. The predicted octanol–water partition coefficient (Wildman–Crippen LogP) is 3.59. The minimum Gasteiger partial charge on any atom is -0.449 e. The van der Waals surface area contributed by atoms with E-state index in [1.807, 2.05) is 24.3 Å². The SMILES string of the molecule is C[C@H](OC(=O)/C=C/c1sc2ccccc2c1Cl)C(=O)N(C)C. The lowest BCUT2D eigenvalue weighted by Crippen LogP contribution is -2.34. The van der Waals surface area contributed by atoms with Gasteiger partial charge in [0, 0.05) is 35.1 Å². The molecule has 0 bridgehead atoms. The van der Waals surface area contributed by atoms with E-state index in [-0.39, 0.29) is 5.91 Å². The molecule has 0 unspecified atom stereocenters. The van der Waals surface area contributed by atoms with E-state index in [0.29, 0.717) is 5.02 Å². The van der Waals surface area contributed by atoms with E-state index < -0.39 is 12.1 Å². The highest BCUT2D eigenvalue weighted by Crippen LogP contribution is 2.35. The lowest BCUT2D eigenvalue weighted by Gasteiger charge is -2.16. The first-order valence-corrected chi connectivity index (χ1v) is 7.86. The molecule has 0 saturated heterocycles. The van der Waals surface area contributed by atoms with Crippen molar-refractivity contribution in [2.75, 3.05) is 14.1 Å². The Balaban J connectivity index is 2.09. The van der Waals surface area contributed by atoms with E-state index in [4.69, 9.17) is 16.3 Å². The number of fused-ring (bicyclic) bond motifs is 1. The molecule has 2 rings (SSSR count). The number of hydrogen-bond donors (Lipinski definition) is 0. The van der Waals surface area contributed by atoms with Gasteiger partial charge in [0.1, 0.15) is 0 Å². The van der Waals surface area contributed by atoms with Crippen molar-refractivity contribution in [1.29, 1.82) is 0 Å². The summed E-state index contributed by atoms with van der Waals surface area (Å²) in [5.41, 5.74) is 0. The quantitative estimate of drug-likeness (QED) is 0.632. The molecule has 116 valence electrons. The van der Waals surface area contributed by atoms with E-state index in [1.165, 1.54) is 22.3 Å². The number of thiophene rings is 1. The third kappa shape index (κ3) is 3.67. The molecule has 2 aromatic rings. The van der Waals surface area contributed by atoms with Crippen molar-refractivity contribution in [2.45, 2.75) is 13.0 Å². The normalized spacial score (nSPS) is 12.5. The molecule has 0 saturated carbocycles. The van der Waals surface area contributed by atoms with Gasteiger partial charge in [0.2, 0.25) is 0 Å². The molecule has 0 N–H and O–H groups in total. The zero-order chi connectivity index (χ0) is 16.3. The Morgan fingerprint density at radius 1 is 1.32 bits per heavy atom. The van der Waals surface area contributed by atoms with Crippen LogP contribution in [0.3, 0.4) is 0 Å². The molecule has 1 atom stereocenters. The van der Waals surface area contributed by atoms with Gasteiger partial charge in [-0.1, -0.05) is 29.8 Å². The monoisotopic (exact) mass is 337 g/mol. The van der Waals surface area contributed by atoms with Gasteiger partial charge in [0.25, 0.3) is 5.91 Å². The number of benzene rings is 1. The molecule has 4 nitrogen and oxygen atoms in total. The molecular formula is C16H16ClNO3S. The van der Waals surface area contributed by atoms with Crippen molar-refractivity contribution >= 4 is 51.0 Å². The summed E-state index contributed by atoms with van der Waals surface area (Å²) in [7, 11) is 3.22. The van der Waals surface area contributed by atoms with Gasteiger partial charge in [0.15, 0.2) is 6.10 Å². The van der Waals surface area contributed by atoms with Crippen LogP contribution in [0.2, 0.25) is 5.02 Å². The third-order valence-corrected chi connectivity index (χ3v) is 4.67. The summed E-state index contributed by atoms with van der Waals surface area (Å²) >= 11 is 7.78. The number of rotatable bonds is 4. The number of amides is 1. The molecule has 0 aliphatic rings. The van der Waals surface area contributed by atoms with E-state index in [9.17, 15) is 9.59 Å². The summed E-state index contributed by atoms with van der Waals surface area (Å²) in [5.74, 6) is -0.835. The van der Waals surface area contributed by atoms with Gasteiger partial charge >= 0.3 is 5.97 Å². The van der Waals surface area contributed by atoms with E-state index in [1.54, 1.807) is 27.1 Å². The molecule has 6 heteroatoms. The van der Waals surface area contributed by atoms with Crippen molar-refractivity contribution in [3.8, 4) is 0 Å². The number of esters is 1. The van der Waals surface area contributed by atoms with Gasteiger partial charge in [-0.15, -0.1) is 11.3 Å². The number of hydrogen-bond acceptors (Lipinski definition) is 4. The maximum Gasteiger partial charge on any atom is 0.331 e. The van der Waals surface area contributed by atoms with Crippen LogP contribution in [0.4, 0.5) is 0 Å². The zero-order valence-corrected chi connectivity index (χ0v) is 14.1. The first kappa shape index (κ1) is 16.5. The molecule has 1 amide bonds. The Morgan fingerprint density at radius 3 is 2.64 bits per heavy atom. The van der Waals surface area contributed by atoms with Crippen molar-refractivity contribution < 1.29 is 14.3 Å². The van der Waals surface area contributed by atoms with Gasteiger partial charge in [0.05, 0.1) is 5.02 Å². The summed E-state index contributed by atoms with van der Waals surface area (Å²) in [6.07, 6.45) is 2.09. The third-order valence-electron chi connectivity index (χ3n) is 3.01. The van der Waals surface area contributed by atoms with Gasteiger partial charge < -0.3 is 9.64 Å². The summed E-state index contributed by atoms with van der Waals surface area (Å²) in [6, 6.07) is 7.75. The largest absolute Gasteiger partial charge is 0.449 e. The number of carbonyl (C=O) groups excluding carboxylic acids is 2. The van der Waals surface area contributed by atoms with Crippen LogP contribution in [0.5, 0.6) is 0 Å². The van der Waals surface area contributed by atoms with Gasteiger partial charge in [-0.25, -0.2) is 4.79 Å². The molecule has 0 aliphatic carbocycles. The maximum absolute atomic E-state index is 11.8. The smallest absolute Gasteiger partial charge is 0.331 e. The van der Waals surface area contributed by atoms with Gasteiger partial charge in [-0.05, 0) is 19.1 Å². The maximum atomic E-state index is 11.8. The molecule has 0 aliphatic heterocycles. The lowest BCUT2D eigenvalue weighted by atomic mass is 10.2. The van der Waals surface area contributed by atoms with Crippen LogP contribution in [0.1, 0.15) is 11.8 Å². The molecule has 1 aromatic heterocycles. The van der Waals surface area contributed by atoms with Gasteiger partial charge in [-0.2, -0.15) is 0 Å². The Bertz CT molecular complexity index is 736. The summed E-state index contributed by atoms with van der Waals surface area (Å²) in [5, 5.41) is 1.57. The standard InChI is InChI=1S/C16H16ClNO3S/c1-10(16(20)18(2)3)21-14(19)9-8-13-15(17)11-6-4-5-7-12(11)22-13/h4-10H,1-3H3/b9-8+/t10-/m0/s1. The van der Waals surface area contributed by atoms with Crippen LogP contribution in [0.25, 0.3) is 16.2 Å². The highest BCUT2D eigenvalue weighted by molar-refractivity contribution is 7.20. The Kier molecular flexibility index (Phi) is 5.21. The van der Waals surface area contributed by atoms with Crippen LogP contribution >= 0.6 is 22.9 Å². The van der Waals surface area contributed by atoms with Crippen molar-refractivity contribution in [2.24, 2.45) is 0 Å². The van der Waals surface area contributed by atoms with E-state index in [2.05, 4.69) is 0 Å². The number of likely N-dealkylation sites (N-methyl/N-ethyl adjacent to an activating group) is 1. The number of nitrogens with zero attached hydrogens (tertiary/aromatic N) is 1. The first-order valence-electron chi connectivity index (χ1n) is 6.67. The lowest BCUT2D eigenvalue weighted by molar-refractivity contribution is -0.153. The topological polar surface area (TPSA) is 46.6 Å². The molecule has 22 heavy (non-hydrogen) atoms. The molecular weight excluding hydrogens is 322 g/mol. The Hall–Kier alpha value is -1.85. The summed E-state index contributed by atoms with van der Waals surface area (Å²) in [4.78, 5) is 25.6. The highest BCUT2D eigenvalue weighted by atomic mass is 35.5. The van der Waals surface area contributed by atoms with Gasteiger partial charge in [-0.3, -0.25) is 4.79 Å². The number of halogens is 1. The van der Waals surface area contributed by atoms with Crippen molar-refractivity contribution in [1.82, 2.24) is 4.90 Å². The van der Waals surface area contributed by atoms with Crippen molar-refractivity contribution in [3.05, 3.63) is 40.2 Å². The fourth-order valence-corrected chi connectivity index (χ4v) is 3.31. The highest BCUT2D eigenvalue weighted by Gasteiger charge is 2.18. The second-order valence-corrected chi connectivity index (χ2v) is 6.38. The number of carbonyl (C=O) groups is 2.